The third-order valence-electron chi connectivity index (χ3n) is 3.25. The van der Waals surface area contributed by atoms with Gasteiger partial charge in [0.25, 0.3) is 0 Å². The Kier molecular flexibility index (Phi) is 5.51. The summed E-state index contributed by atoms with van der Waals surface area (Å²) in [4.78, 5) is 10.8. The molecule has 1 N–H and O–H groups in total. The topological polar surface area (TPSA) is 55.8 Å². The molecule has 4 heteroatoms. The van der Waals surface area contributed by atoms with Crippen LogP contribution in [0.3, 0.4) is 0 Å². The van der Waals surface area contributed by atoms with Gasteiger partial charge in [-0.3, -0.25) is 0 Å². The fourth-order valence-corrected chi connectivity index (χ4v) is 1.59. The van der Waals surface area contributed by atoms with Gasteiger partial charge in [0.2, 0.25) is 0 Å². The molecule has 4 nitrogen and oxygen atoms in total. The third-order valence-corrected chi connectivity index (χ3v) is 3.25. The van der Waals surface area contributed by atoms with Gasteiger partial charge < -0.3 is 14.6 Å². The molecule has 0 saturated carbocycles. The van der Waals surface area contributed by atoms with Gasteiger partial charge >= 0.3 is 5.97 Å². The molecule has 0 aliphatic carbocycles. The van der Waals surface area contributed by atoms with E-state index in [9.17, 15) is 4.79 Å². The fourth-order valence-electron chi connectivity index (χ4n) is 1.59. The van der Waals surface area contributed by atoms with Crippen LogP contribution in [0.2, 0.25) is 0 Å². The minimum Gasteiger partial charge on any atom is -0.478 e. The van der Waals surface area contributed by atoms with Crippen molar-refractivity contribution in [3.8, 4) is 0 Å². The molecule has 0 spiro atoms. The first-order chi connectivity index (χ1) is 8.85. The van der Waals surface area contributed by atoms with E-state index >= 15 is 0 Å². The van der Waals surface area contributed by atoms with E-state index in [0.29, 0.717) is 18.8 Å². The molecule has 0 saturated heterocycles. The molecule has 19 heavy (non-hydrogen) atoms. The highest BCUT2D eigenvalue weighted by molar-refractivity contribution is 5.87. The Morgan fingerprint density at radius 2 is 2.05 bits per heavy atom. The van der Waals surface area contributed by atoms with E-state index in [1.807, 2.05) is 20.8 Å². The Balaban J connectivity index is 2.48. The molecule has 1 aromatic carbocycles. The van der Waals surface area contributed by atoms with Crippen molar-refractivity contribution in [1.82, 2.24) is 0 Å². The quantitative estimate of drug-likeness (QED) is 0.771. The van der Waals surface area contributed by atoms with E-state index in [0.717, 1.165) is 17.5 Å². The molecule has 1 rings (SSSR count). The number of rotatable bonds is 7. The Hall–Kier alpha value is -1.39. The summed E-state index contributed by atoms with van der Waals surface area (Å²) in [6.45, 7) is 7.03. The number of benzene rings is 1. The molecule has 0 heterocycles. The van der Waals surface area contributed by atoms with E-state index < -0.39 is 5.97 Å². The molecule has 0 unspecified atom stereocenters. The SMILES string of the molecule is COC(C)(C)CCOCc1ccc(C(=O)O)cc1C. The van der Waals surface area contributed by atoms with Crippen molar-refractivity contribution in [2.24, 2.45) is 0 Å². The predicted molar refractivity (Wildman–Crippen MR) is 73.5 cm³/mol. The minimum atomic E-state index is -0.905. The van der Waals surface area contributed by atoms with Crippen LogP contribution in [0, 0.1) is 6.92 Å². The zero-order valence-corrected chi connectivity index (χ0v) is 12.0. The van der Waals surface area contributed by atoms with Crippen molar-refractivity contribution in [2.75, 3.05) is 13.7 Å². The molecule has 1 aromatic rings. The van der Waals surface area contributed by atoms with Crippen LogP contribution in [-0.2, 0) is 16.1 Å². The minimum absolute atomic E-state index is 0.178. The van der Waals surface area contributed by atoms with Crippen LogP contribution in [0.1, 0.15) is 41.8 Å². The molecule has 0 amide bonds. The highest BCUT2D eigenvalue weighted by Crippen LogP contribution is 2.15. The zero-order valence-electron chi connectivity index (χ0n) is 12.0. The normalized spacial score (nSPS) is 11.6. The highest BCUT2D eigenvalue weighted by atomic mass is 16.5. The predicted octanol–water partition coefficient (Wildman–Crippen LogP) is 3.02. The number of carboxylic acids is 1. The number of hydrogen-bond acceptors (Lipinski definition) is 3. The van der Waals surface area contributed by atoms with Crippen molar-refractivity contribution in [2.45, 2.75) is 39.4 Å². The van der Waals surface area contributed by atoms with Crippen LogP contribution >= 0.6 is 0 Å². The lowest BCUT2D eigenvalue weighted by Crippen LogP contribution is -2.24. The van der Waals surface area contributed by atoms with Crippen LogP contribution in [0.5, 0.6) is 0 Å². The maximum absolute atomic E-state index is 10.8. The number of carbonyl (C=O) groups is 1. The van der Waals surface area contributed by atoms with Crippen LogP contribution in [0.15, 0.2) is 18.2 Å². The second-order valence-corrected chi connectivity index (χ2v) is 5.21. The summed E-state index contributed by atoms with van der Waals surface area (Å²) in [5.74, 6) is -0.905. The van der Waals surface area contributed by atoms with Gasteiger partial charge in [0.05, 0.1) is 17.8 Å². The number of aryl methyl sites for hydroxylation is 1. The summed E-state index contributed by atoms with van der Waals surface area (Å²) >= 11 is 0. The molecule has 0 radical (unpaired) electrons. The molecule has 0 aliphatic rings. The molecule has 0 aromatic heterocycles. The molecule has 0 atom stereocenters. The van der Waals surface area contributed by atoms with Crippen molar-refractivity contribution >= 4 is 5.97 Å². The Morgan fingerprint density at radius 1 is 1.37 bits per heavy atom. The third kappa shape index (κ3) is 5.01. The van der Waals surface area contributed by atoms with E-state index in [1.54, 1.807) is 25.3 Å². The maximum Gasteiger partial charge on any atom is 0.335 e. The number of methoxy groups -OCH3 is 1. The van der Waals surface area contributed by atoms with Crippen molar-refractivity contribution in [3.05, 3.63) is 34.9 Å². The van der Waals surface area contributed by atoms with Gasteiger partial charge in [-0.2, -0.15) is 0 Å². The summed E-state index contributed by atoms with van der Waals surface area (Å²) in [5.41, 5.74) is 2.08. The van der Waals surface area contributed by atoms with Crippen LogP contribution in [0.4, 0.5) is 0 Å². The number of carboxylic acid groups (broad SMARTS) is 1. The number of hydrogen-bond donors (Lipinski definition) is 1. The van der Waals surface area contributed by atoms with E-state index in [2.05, 4.69) is 0 Å². The van der Waals surface area contributed by atoms with Crippen LogP contribution in [-0.4, -0.2) is 30.4 Å². The second-order valence-electron chi connectivity index (χ2n) is 5.21. The zero-order chi connectivity index (χ0) is 14.5. The smallest absolute Gasteiger partial charge is 0.335 e. The van der Waals surface area contributed by atoms with E-state index in [1.165, 1.54) is 0 Å². The van der Waals surface area contributed by atoms with Gasteiger partial charge in [-0.25, -0.2) is 4.79 Å². The van der Waals surface area contributed by atoms with Gasteiger partial charge in [0, 0.05) is 13.7 Å². The average molecular weight is 266 g/mol. The molecular formula is C15H22O4. The fraction of sp³-hybridized carbons (Fsp3) is 0.533. The standard InChI is InChI=1S/C15H22O4/c1-11-9-12(14(16)17)5-6-13(11)10-19-8-7-15(2,3)18-4/h5-6,9H,7-8,10H2,1-4H3,(H,16,17). The van der Waals surface area contributed by atoms with Gasteiger partial charge in [-0.15, -0.1) is 0 Å². The molecule has 0 aliphatic heterocycles. The lowest BCUT2D eigenvalue weighted by atomic mass is 10.1. The van der Waals surface area contributed by atoms with Crippen LogP contribution in [0.25, 0.3) is 0 Å². The van der Waals surface area contributed by atoms with E-state index in [-0.39, 0.29) is 5.60 Å². The van der Waals surface area contributed by atoms with Gasteiger partial charge in [0.15, 0.2) is 0 Å². The van der Waals surface area contributed by atoms with Gasteiger partial charge in [-0.1, -0.05) is 6.07 Å². The summed E-state index contributed by atoms with van der Waals surface area (Å²) in [5, 5.41) is 8.89. The maximum atomic E-state index is 10.8. The van der Waals surface area contributed by atoms with E-state index in [4.69, 9.17) is 14.6 Å². The molecule has 0 bridgehead atoms. The lowest BCUT2D eigenvalue weighted by molar-refractivity contribution is -0.0125. The van der Waals surface area contributed by atoms with Gasteiger partial charge in [0.1, 0.15) is 0 Å². The first-order valence-corrected chi connectivity index (χ1v) is 6.31. The summed E-state index contributed by atoms with van der Waals surface area (Å²) in [6.07, 6.45) is 0.815. The number of aromatic carboxylic acids is 1. The first-order valence-electron chi connectivity index (χ1n) is 6.31. The lowest BCUT2D eigenvalue weighted by Gasteiger charge is -2.22. The summed E-state index contributed by atoms with van der Waals surface area (Å²) in [7, 11) is 1.69. The Bertz CT molecular complexity index is 438. The Labute approximate surface area is 114 Å². The monoisotopic (exact) mass is 266 g/mol. The second kappa shape index (κ2) is 6.68. The van der Waals surface area contributed by atoms with Crippen molar-refractivity contribution in [1.29, 1.82) is 0 Å². The van der Waals surface area contributed by atoms with Gasteiger partial charge in [-0.05, 0) is 50.5 Å². The van der Waals surface area contributed by atoms with Crippen LogP contribution < -0.4 is 0 Å². The highest BCUT2D eigenvalue weighted by Gasteiger charge is 2.15. The molecule has 0 fully saturated rings. The summed E-state index contributed by atoms with van der Waals surface area (Å²) in [6, 6.07) is 5.08. The average Bonchev–Trinajstić information content (AvgIpc) is 2.36. The summed E-state index contributed by atoms with van der Waals surface area (Å²) < 4.78 is 10.9. The number of ether oxygens (including phenoxy) is 2. The van der Waals surface area contributed by atoms with Crippen molar-refractivity contribution in [3.63, 3.8) is 0 Å². The Morgan fingerprint density at radius 3 is 2.58 bits per heavy atom. The first kappa shape index (κ1) is 15.7. The molecular weight excluding hydrogens is 244 g/mol. The van der Waals surface area contributed by atoms with Crippen molar-refractivity contribution < 1.29 is 19.4 Å². The largest absolute Gasteiger partial charge is 0.478 e. The molecule has 106 valence electrons.